The van der Waals surface area contributed by atoms with Crippen molar-refractivity contribution < 1.29 is 32.5 Å². The van der Waals surface area contributed by atoms with E-state index >= 15 is 0 Å². The molecule has 0 unspecified atom stereocenters. The highest BCUT2D eigenvalue weighted by molar-refractivity contribution is 7.89. The van der Waals surface area contributed by atoms with Gasteiger partial charge in [-0.3, -0.25) is 4.79 Å². The van der Waals surface area contributed by atoms with Crippen molar-refractivity contribution in [3.8, 4) is 0 Å². The molecule has 0 saturated carbocycles. The lowest BCUT2D eigenvalue weighted by Crippen LogP contribution is -2.57. The van der Waals surface area contributed by atoms with Gasteiger partial charge < -0.3 is 24.6 Å². The molecule has 2 heterocycles. The first-order chi connectivity index (χ1) is 14.0. The Balaban J connectivity index is 1.82. The number of unbranched alkanes of at least 4 members (excludes halogenated alkanes) is 1. The van der Waals surface area contributed by atoms with E-state index in [9.17, 15) is 18.3 Å². The topological polar surface area (TPSA) is 123 Å². The molecule has 1 aromatic carbocycles. The molecule has 3 N–H and O–H groups in total. The Morgan fingerprint density at radius 1 is 1.23 bits per heavy atom. The predicted octanol–water partition coefficient (Wildman–Crippen LogP) is 0.796. The fourth-order valence-electron chi connectivity index (χ4n) is 3.51. The Bertz CT molecular complexity index is 856. The predicted molar refractivity (Wildman–Crippen MR) is 108 cm³/mol. The second kappa shape index (κ2) is 8.89. The summed E-state index contributed by atoms with van der Waals surface area (Å²) in [6.07, 6.45) is -2.53. The standard InChI is InChI=1S/C20H30N2O7S/c1-5-6-11-21-18(24)14(22-30(25,26)13-9-7-12(2)8-10-13)16-15(23)17-19(27-16)29-20(3,4)28-17/h7-10,14-17,19,22-23H,5-6,11H2,1-4H3,(H,21,24)/t14-,15+,16-,17-,19-/m1/s1. The molecule has 0 aliphatic carbocycles. The van der Waals surface area contributed by atoms with E-state index in [2.05, 4.69) is 10.0 Å². The third kappa shape index (κ3) is 5.01. The van der Waals surface area contributed by atoms with Crippen LogP contribution in [0.2, 0.25) is 0 Å². The van der Waals surface area contributed by atoms with E-state index in [0.717, 1.165) is 18.4 Å². The van der Waals surface area contributed by atoms with Gasteiger partial charge in [0.05, 0.1) is 4.90 Å². The fourth-order valence-corrected chi connectivity index (χ4v) is 4.72. The quantitative estimate of drug-likeness (QED) is 0.509. The lowest BCUT2D eigenvalue weighted by atomic mass is 10.0. The molecule has 30 heavy (non-hydrogen) atoms. The number of rotatable bonds is 8. The van der Waals surface area contributed by atoms with Crippen LogP contribution in [0.3, 0.4) is 0 Å². The van der Waals surface area contributed by atoms with Gasteiger partial charge in [-0.15, -0.1) is 0 Å². The van der Waals surface area contributed by atoms with Crippen LogP contribution in [-0.2, 0) is 29.0 Å². The molecule has 168 valence electrons. The number of nitrogens with one attached hydrogen (secondary N) is 2. The molecular formula is C20H30N2O7S. The minimum atomic E-state index is -4.04. The number of aliphatic hydroxyl groups excluding tert-OH is 1. The average molecular weight is 443 g/mol. The number of fused-ring (bicyclic) bond motifs is 1. The highest BCUT2D eigenvalue weighted by Gasteiger charge is 2.57. The Morgan fingerprint density at radius 2 is 1.90 bits per heavy atom. The van der Waals surface area contributed by atoms with E-state index < -0.39 is 52.4 Å². The summed E-state index contributed by atoms with van der Waals surface area (Å²) in [5.74, 6) is -1.52. The van der Waals surface area contributed by atoms with E-state index in [4.69, 9.17) is 14.2 Å². The smallest absolute Gasteiger partial charge is 0.241 e. The van der Waals surface area contributed by atoms with E-state index in [1.54, 1.807) is 26.0 Å². The molecule has 3 rings (SSSR count). The Hall–Kier alpha value is -1.56. The first-order valence-corrected chi connectivity index (χ1v) is 11.6. The molecule has 0 radical (unpaired) electrons. The third-order valence-electron chi connectivity index (χ3n) is 5.11. The molecular weight excluding hydrogens is 412 g/mol. The Kier molecular flexibility index (Phi) is 6.85. The number of carbonyl (C=O) groups excluding carboxylic acids is 1. The average Bonchev–Trinajstić information content (AvgIpc) is 3.13. The highest BCUT2D eigenvalue weighted by Crippen LogP contribution is 2.38. The van der Waals surface area contributed by atoms with Gasteiger partial charge in [-0.2, -0.15) is 4.72 Å². The molecule has 2 saturated heterocycles. The Morgan fingerprint density at radius 3 is 2.50 bits per heavy atom. The third-order valence-corrected chi connectivity index (χ3v) is 6.56. The van der Waals surface area contributed by atoms with Crippen molar-refractivity contribution in [3.05, 3.63) is 29.8 Å². The summed E-state index contributed by atoms with van der Waals surface area (Å²) in [6.45, 7) is 7.58. The van der Waals surface area contributed by atoms with Gasteiger partial charge in [0, 0.05) is 6.54 Å². The summed E-state index contributed by atoms with van der Waals surface area (Å²) in [7, 11) is -4.04. The maximum atomic E-state index is 12.9. The number of benzene rings is 1. The number of hydrogen-bond acceptors (Lipinski definition) is 7. The number of carbonyl (C=O) groups is 1. The van der Waals surface area contributed by atoms with Gasteiger partial charge in [0.2, 0.25) is 15.9 Å². The molecule has 9 nitrogen and oxygen atoms in total. The van der Waals surface area contributed by atoms with E-state index in [0.29, 0.717) is 6.54 Å². The van der Waals surface area contributed by atoms with E-state index in [1.165, 1.54) is 12.1 Å². The molecule has 10 heteroatoms. The van der Waals surface area contributed by atoms with Crippen LogP contribution in [0.15, 0.2) is 29.2 Å². The van der Waals surface area contributed by atoms with Gasteiger partial charge >= 0.3 is 0 Å². The van der Waals surface area contributed by atoms with Crippen LogP contribution >= 0.6 is 0 Å². The van der Waals surface area contributed by atoms with Gasteiger partial charge in [-0.1, -0.05) is 31.0 Å². The molecule has 1 aromatic rings. The number of hydrogen-bond donors (Lipinski definition) is 3. The maximum Gasteiger partial charge on any atom is 0.241 e. The summed E-state index contributed by atoms with van der Waals surface area (Å²) in [4.78, 5) is 12.9. The summed E-state index contributed by atoms with van der Waals surface area (Å²) < 4.78 is 45.2. The number of ether oxygens (including phenoxy) is 3. The largest absolute Gasteiger partial charge is 0.387 e. The molecule has 2 aliphatic heterocycles. The van der Waals surface area contributed by atoms with Crippen molar-refractivity contribution in [1.29, 1.82) is 0 Å². The molecule has 0 aromatic heterocycles. The van der Waals surface area contributed by atoms with Crippen molar-refractivity contribution in [1.82, 2.24) is 10.0 Å². The summed E-state index contributed by atoms with van der Waals surface area (Å²) >= 11 is 0. The number of aliphatic hydroxyl groups is 1. The molecule has 0 spiro atoms. The molecule has 1 amide bonds. The van der Waals surface area contributed by atoms with E-state index in [-0.39, 0.29) is 4.90 Å². The first kappa shape index (κ1) is 23.1. The van der Waals surface area contributed by atoms with Crippen molar-refractivity contribution in [2.24, 2.45) is 0 Å². The SMILES string of the molecule is CCCCNC(=O)[C@H](NS(=O)(=O)c1ccc(C)cc1)[C@H]1O[C@@H]2OC(C)(C)O[C@@H]2[C@H]1O. The van der Waals surface area contributed by atoms with Crippen LogP contribution in [0.25, 0.3) is 0 Å². The minimum absolute atomic E-state index is 0.0146. The zero-order valence-corrected chi connectivity index (χ0v) is 18.4. The fraction of sp³-hybridized carbons (Fsp3) is 0.650. The lowest BCUT2D eigenvalue weighted by Gasteiger charge is -2.28. The van der Waals surface area contributed by atoms with Crippen LogP contribution in [0.5, 0.6) is 0 Å². The van der Waals surface area contributed by atoms with Crippen LogP contribution < -0.4 is 10.0 Å². The van der Waals surface area contributed by atoms with Crippen molar-refractivity contribution >= 4 is 15.9 Å². The molecule has 2 fully saturated rings. The normalized spacial score (nSPS) is 28.8. The monoisotopic (exact) mass is 442 g/mol. The lowest BCUT2D eigenvalue weighted by molar-refractivity contribution is -0.217. The first-order valence-electron chi connectivity index (χ1n) is 10.1. The van der Waals surface area contributed by atoms with Crippen molar-refractivity contribution in [2.45, 2.75) is 81.9 Å². The number of amides is 1. The zero-order valence-electron chi connectivity index (χ0n) is 17.6. The summed E-state index contributed by atoms with van der Waals surface area (Å²) in [5.41, 5.74) is 0.905. The minimum Gasteiger partial charge on any atom is -0.387 e. The van der Waals surface area contributed by atoms with Gasteiger partial charge in [-0.05, 0) is 39.3 Å². The second-order valence-electron chi connectivity index (χ2n) is 8.12. The van der Waals surface area contributed by atoms with E-state index in [1.807, 2.05) is 13.8 Å². The van der Waals surface area contributed by atoms with Crippen LogP contribution in [0, 0.1) is 6.92 Å². The van der Waals surface area contributed by atoms with Crippen LogP contribution in [0.4, 0.5) is 0 Å². The molecule has 0 bridgehead atoms. The second-order valence-corrected chi connectivity index (χ2v) is 9.83. The zero-order chi connectivity index (χ0) is 22.1. The van der Waals surface area contributed by atoms with Gasteiger partial charge in [-0.25, -0.2) is 8.42 Å². The number of aryl methyl sites for hydroxylation is 1. The molecule has 5 atom stereocenters. The van der Waals surface area contributed by atoms with Gasteiger partial charge in [0.25, 0.3) is 0 Å². The molecule has 2 aliphatic rings. The van der Waals surface area contributed by atoms with Gasteiger partial charge in [0.15, 0.2) is 12.1 Å². The number of sulfonamides is 1. The highest BCUT2D eigenvalue weighted by atomic mass is 32.2. The van der Waals surface area contributed by atoms with Crippen LogP contribution in [-0.4, -0.2) is 62.4 Å². The summed E-state index contributed by atoms with van der Waals surface area (Å²) in [6, 6.07) is 4.89. The van der Waals surface area contributed by atoms with Crippen molar-refractivity contribution in [3.63, 3.8) is 0 Å². The van der Waals surface area contributed by atoms with Crippen LogP contribution in [0.1, 0.15) is 39.2 Å². The van der Waals surface area contributed by atoms with Gasteiger partial charge in [0.1, 0.15) is 24.4 Å². The van der Waals surface area contributed by atoms with Crippen molar-refractivity contribution in [2.75, 3.05) is 6.54 Å². The maximum absolute atomic E-state index is 12.9. The Labute approximate surface area is 177 Å². The summed E-state index contributed by atoms with van der Waals surface area (Å²) in [5, 5.41) is 13.4.